The Hall–Kier alpha value is -1.43. The lowest BCUT2D eigenvalue weighted by Crippen LogP contribution is -2.25. The molecular formula is C11H17N3O3. The standard InChI is InChI=1S/C11H17N3O3/c1-2-14(6-5-10(15)16)7-9-12-11(13-17-9)8-3-4-8/h8H,2-7H2,1H3,(H,15,16). The minimum Gasteiger partial charge on any atom is -0.481 e. The van der Waals surface area contributed by atoms with Gasteiger partial charge in [-0.25, -0.2) is 0 Å². The van der Waals surface area contributed by atoms with Gasteiger partial charge in [0.05, 0.1) is 13.0 Å². The molecule has 17 heavy (non-hydrogen) atoms. The Bertz CT molecular complexity index is 387. The van der Waals surface area contributed by atoms with Gasteiger partial charge in [-0.05, 0) is 19.4 Å². The van der Waals surface area contributed by atoms with Crippen molar-refractivity contribution in [1.82, 2.24) is 15.0 Å². The molecule has 0 unspecified atom stereocenters. The van der Waals surface area contributed by atoms with Crippen LogP contribution in [0.3, 0.4) is 0 Å². The first kappa shape index (κ1) is 12.0. The molecule has 1 saturated carbocycles. The first-order valence-electron chi connectivity index (χ1n) is 5.95. The van der Waals surface area contributed by atoms with Crippen molar-refractivity contribution in [2.75, 3.05) is 13.1 Å². The molecule has 1 aliphatic carbocycles. The maximum atomic E-state index is 10.5. The molecule has 6 nitrogen and oxygen atoms in total. The van der Waals surface area contributed by atoms with Crippen molar-refractivity contribution in [3.63, 3.8) is 0 Å². The van der Waals surface area contributed by atoms with E-state index in [1.54, 1.807) is 0 Å². The van der Waals surface area contributed by atoms with Gasteiger partial charge < -0.3 is 9.63 Å². The Morgan fingerprint density at radius 3 is 2.94 bits per heavy atom. The van der Waals surface area contributed by atoms with E-state index < -0.39 is 5.97 Å². The minimum atomic E-state index is -0.785. The number of carbonyl (C=O) groups is 1. The third-order valence-electron chi connectivity index (χ3n) is 2.87. The SMILES string of the molecule is CCN(CCC(=O)O)Cc1nc(C2CC2)no1. The Labute approximate surface area is 99.6 Å². The largest absolute Gasteiger partial charge is 0.481 e. The van der Waals surface area contributed by atoms with Crippen LogP contribution in [-0.4, -0.2) is 39.2 Å². The van der Waals surface area contributed by atoms with Crippen LogP contribution in [0.5, 0.6) is 0 Å². The lowest BCUT2D eigenvalue weighted by Gasteiger charge is -2.16. The highest BCUT2D eigenvalue weighted by Crippen LogP contribution is 2.38. The first-order chi connectivity index (χ1) is 8.19. The van der Waals surface area contributed by atoms with Gasteiger partial charge in [0.15, 0.2) is 5.82 Å². The third kappa shape index (κ3) is 3.52. The van der Waals surface area contributed by atoms with Gasteiger partial charge >= 0.3 is 5.97 Å². The molecule has 0 aliphatic heterocycles. The lowest BCUT2D eigenvalue weighted by atomic mass is 10.3. The zero-order chi connectivity index (χ0) is 12.3. The Kier molecular flexibility index (Phi) is 3.73. The number of carboxylic acid groups (broad SMARTS) is 1. The summed E-state index contributed by atoms with van der Waals surface area (Å²) in [6, 6.07) is 0. The number of rotatable bonds is 7. The van der Waals surface area contributed by atoms with E-state index in [1.165, 1.54) is 0 Å². The molecule has 94 valence electrons. The Morgan fingerprint density at radius 1 is 1.59 bits per heavy atom. The second-order valence-corrected chi connectivity index (χ2v) is 4.33. The van der Waals surface area contributed by atoms with Crippen LogP contribution in [0.25, 0.3) is 0 Å². The minimum absolute atomic E-state index is 0.136. The molecule has 0 aromatic carbocycles. The maximum absolute atomic E-state index is 10.5. The highest BCUT2D eigenvalue weighted by molar-refractivity contribution is 5.66. The summed E-state index contributed by atoms with van der Waals surface area (Å²) < 4.78 is 5.15. The summed E-state index contributed by atoms with van der Waals surface area (Å²) in [7, 11) is 0. The number of aliphatic carboxylic acids is 1. The summed E-state index contributed by atoms with van der Waals surface area (Å²) in [5, 5.41) is 12.6. The predicted octanol–water partition coefficient (Wildman–Crippen LogP) is 1.24. The Balaban J connectivity index is 1.85. The molecule has 0 bridgehead atoms. The summed E-state index contributed by atoms with van der Waals surface area (Å²) in [6.07, 6.45) is 2.43. The predicted molar refractivity (Wildman–Crippen MR) is 59.5 cm³/mol. The van der Waals surface area contributed by atoms with E-state index in [2.05, 4.69) is 10.1 Å². The van der Waals surface area contributed by atoms with Crippen molar-refractivity contribution in [2.24, 2.45) is 0 Å². The van der Waals surface area contributed by atoms with Crippen LogP contribution in [0, 0.1) is 0 Å². The van der Waals surface area contributed by atoms with Gasteiger partial charge in [-0.2, -0.15) is 4.98 Å². The molecule has 1 fully saturated rings. The fraction of sp³-hybridized carbons (Fsp3) is 0.727. The van der Waals surface area contributed by atoms with Gasteiger partial charge in [0.2, 0.25) is 5.89 Å². The number of nitrogens with zero attached hydrogens (tertiary/aromatic N) is 3. The van der Waals surface area contributed by atoms with E-state index in [4.69, 9.17) is 9.63 Å². The van der Waals surface area contributed by atoms with Gasteiger partial charge in [-0.15, -0.1) is 0 Å². The van der Waals surface area contributed by atoms with Crippen LogP contribution < -0.4 is 0 Å². The fourth-order valence-corrected chi connectivity index (χ4v) is 1.63. The molecular weight excluding hydrogens is 222 g/mol. The van der Waals surface area contributed by atoms with Crippen molar-refractivity contribution >= 4 is 5.97 Å². The zero-order valence-corrected chi connectivity index (χ0v) is 9.93. The second kappa shape index (κ2) is 5.27. The van der Waals surface area contributed by atoms with E-state index in [0.29, 0.717) is 24.9 Å². The summed E-state index contributed by atoms with van der Waals surface area (Å²) in [6.45, 7) is 3.80. The van der Waals surface area contributed by atoms with Gasteiger partial charge in [0.1, 0.15) is 0 Å². The molecule has 1 aromatic heterocycles. The number of hydrogen-bond donors (Lipinski definition) is 1. The summed E-state index contributed by atoms with van der Waals surface area (Å²) in [4.78, 5) is 16.8. The van der Waals surface area contributed by atoms with E-state index in [1.807, 2.05) is 11.8 Å². The molecule has 0 saturated heterocycles. The first-order valence-corrected chi connectivity index (χ1v) is 5.95. The smallest absolute Gasteiger partial charge is 0.304 e. The molecule has 0 spiro atoms. The molecule has 2 rings (SSSR count). The molecule has 1 heterocycles. The van der Waals surface area contributed by atoms with Crippen molar-refractivity contribution in [3.8, 4) is 0 Å². The molecule has 0 atom stereocenters. The molecule has 1 aromatic rings. The van der Waals surface area contributed by atoms with E-state index in [9.17, 15) is 4.79 Å². The monoisotopic (exact) mass is 239 g/mol. The normalized spacial score (nSPS) is 15.4. The lowest BCUT2D eigenvalue weighted by molar-refractivity contribution is -0.137. The highest BCUT2D eigenvalue weighted by atomic mass is 16.5. The number of carboxylic acids is 1. The van der Waals surface area contributed by atoms with Crippen molar-refractivity contribution in [2.45, 2.75) is 38.6 Å². The van der Waals surface area contributed by atoms with E-state index >= 15 is 0 Å². The third-order valence-corrected chi connectivity index (χ3v) is 2.87. The average Bonchev–Trinajstić information content (AvgIpc) is 3.05. The quantitative estimate of drug-likeness (QED) is 0.771. The van der Waals surface area contributed by atoms with Gasteiger partial charge in [-0.3, -0.25) is 9.69 Å². The van der Waals surface area contributed by atoms with Crippen LogP contribution in [-0.2, 0) is 11.3 Å². The van der Waals surface area contributed by atoms with Crippen LogP contribution >= 0.6 is 0 Å². The van der Waals surface area contributed by atoms with Gasteiger partial charge in [-0.1, -0.05) is 12.1 Å². The van der Waals surface area contributed by atoms with Gasteiger partial charge in [0.25, 0.3) is 0 Å². The van der Waals surface area contributed by atoms with E-state index in [-0.39, 0.29) is 6.42 Å². The number of hydrogen-bond acceptors (Lipinski definition) is 5. The summed E-state index contributed by atoms with van der Waals surface area (Å²) in [5.41, 5.74) is 0. The van der Waals surface area contributed by atoms with Crippen molar-refractivity contribution in [1.29, 1.82) is 0 Å². The zero-order valence-electron chi connectivity index (χ0n) is 9.93. The van der Waals surface area contributed by atoms with Crippen LogP contribution in [0.4, 0.5) is 0 Å². The van der Waals surface area contributed by atoms with Crippen molar-refractivity contribution < 1.29 is 14.4 Å². The summed E-state index contributed by atoms with van der Waals surface area (Å²) in [5.74, 6) is 1.09. The average molecular weight is 239 g/mol. The summed E-state index contributed by atoms with van der Waals surface area (Å²) >= 11 is 0. The molecule has 1 N–H and O–H groups in total. The molecule has 6 heteroatoms. The molecule has 0 amide bonds. The fourth-order valence-electron chi connectivity index (χ4n) is 1.63. The topological polar surface area (TPSA) is 79.5 Å². The number of aromatic nitrogens is 2. The molecule has 1 aliphatic rings. The van der Waals surface area contributed by atoms with Crippen molar-refractivity contribution in [3.05, 3.63) is 11.7 Å². The van der Waals surface area contributed by atoms with Gasteiger partial charge in [0, 0.05) is 12.5 Å². The van der Waals surface area contributed by atoms with Crippen LogP contribution in [0.1, 0.15) is 43.8 Å². The molecule has 0 radical (unpaired) electrons. The van der Waals surface area contributed by atoms with Crippen LogP contribution in [0.15, 0.2) is 4.52 Å². The van der Waals surface area contributed by atoms with Crippen LogP contribution in [0.2, 0.25) is 0 Å². The second-order valence-electron chi connectivity index (χ2n) is 4.33. The highest BCUT2D eigenvalue weighted by Gasteiger charge is 2.28. The Morgan fingerprint density at radius 2 is 2.35 bits per heavy atom. The van der Waals surface area contributed by atoms with E-state index in [0.717, 1.165) is 25.2 Å². The maximum Gasteiger partial charge on any atom is 0.304 e.